The fourth-order valence-corrected chi connectivity index (χ4v) is 1.44. The van der Waals surface area contributed by atoms with E-state index in [0.717, 1.165) is 12.0 Å². The van der Waals surface area contributed by atoms with Crippen molar-refractivity contribution in [2.75, 3.05) is 0 Å². The van der Waals surface area contributed by atoms with Crippen molar-refractivity contribution in [3.8, 4) is 0 Å². The minimum Gasteiger partial charge on any atom is -0.488 e. The molecule has 0 aromatic rings. The monoisotopic (exact) mass is 184 g/mol. The van der Waals surface area contributed by atoms with Gasteiger partial charge in [0, 0.05) is 11.5 Å². The third kappa shape index (κ3) is 2.15. The highest BCUT2D eigenvalue weighted by Gasteiger charge is 2.31. The van der Waals surface area contributed by atoms with Crippen LogP contribution in [0.3, 0.4) is 0 Å². The first kappa shape index (κ1) is 9.40. The molecule has 66 valence electrons. The van der Waals surface area contributed by atoms with Crippen molar-refractivity contribution in [3.63, 3.8) is 0 Å². The third-order valence-corrected chi connectivity index (χ3v) is 1.81. The lowest BCUT2D eigenvalue weighted by Crippen LogP contribution is -2.15. The van der Waals surface area contributed by atoms with Crippen LogP contribution in [0, 0.1) is 0 Å². The van der Waals surface area contributed by atoms with Crippen LogP contribution in [-0.4, -0.2) is 5.60 Å². The van der Waals surface area contributed by atoms with Crippen molar-refractivity contribution in [1.29, 1.82) is 0 Å². The number of allylic oxidation sites excluding steroid dienone is 3. The molecule has 0 aromatic carbocycles. The van der Waals surface area contributed by atoms with Gasteiger partial charge in [-0.05, 0) is 25.5 Å². The zero-order valence-electron chi connectivity index (χ0n) is 7.48. The summed E-state index contributed by atoms with van der Waals surface area (Å²) >= 11 is 5.65. The summed E-state index contributed by atoms with van der Waals surface area (Å²) in [6.45, 7) is 11.4. The van der Waals surface area contributed by atoms with E-state index in [1.54, 1.807) is 6.08 Å². The van der Waals surface area contributed by atoms with Gasteiger partial charge in [0.15, 0.2) is 0 Å². The van der Waals surface area contributed by atoms with E-state index >= 15 is 0 Å². The Bertz CT molecular complexity index is 261. The van der Waals surface area contributed by atoms with Crippen LogP contribution in [0.4, 0.5) is 0 Å². The predicted octanol–water partition coefficient (Wildman–Crippen LogP) is 3.38. The van der Waals surface area contributed by atoms with Crippen molar-refractivity contribution in [3.05, 3.63) is 35.6 Å². The van der Waals surface area contributed by atoms with Gasteiger partial charge >= 0.3 is 0 Å². The lowest BCUT2D eigenvalue weighted by molar-refractivity contribution is 0.0774. The molecular formula is C10H13ClO. The second-order valence-electron chi connectivity index (χ2n) is 3.58. The highest BCUT2D eigenvalue weighted by atomic mass is 35.5. The fraction of sp³-hybridized carbons (Fsp3) is 0.400. The topological polar surface area (TPSA) is 9.23 Å². The van der Waals surface area contributed by atoms with Gasteiger partial charge in [-0.1, -0.05) is 24.8 Å². The van der Waals surface area contributed by atoms with Crippen LogP contribution >= 0.6 is 11.6 Å². The molecule has 0 saturated carbocycles. The summed E-state index contributed by atoms with van der Waals surface area (Å²) in [5, 5.41) is 0.521. The van der Waals surface area contributed by atoms with Gasteiger partial charge in [0.2, 0.25) is 0 Å². The molecule has 1 rings (SSSR count). The van der Waals surface area contributed by atoms with Gasteiger partial charge in [-0.2, -0.15) is 0 Å². The first-order valence-electron chi connectivity index (χ1n) is 3.84. The molecule has 0 bridgehead atoms. The number of hydrogen-bond donors (Lipinski definition) is 0. The quantitative estimate of drug-likeness (QED) is 0.607. The van der Waals surface area contributed by atoms with E-state index in [4.69, 9.17) is 16.3 Å². The molecule has 12 heavy (non-hydrogen) atoms. The van der Waals surface area contributed by atoms with E-state index < -0.39 is 0 Å². The summed E-state index contributed by atoms with van der Waals surface area (Å²) in [7, 11) is 0. The van der Waals surface area contributed by atoms with Crippen LogP contribution < -0.4 is 0 Å². The van der Waals surface area contributed by atoms with E-state index in [2.05, 4.69) is 13.2 Å². The maximum atomic E-state index is 5.65. The van der Waals surface area contributed by atoms with Gasteiger partial charge in [-0.15, -0.1) is 0 Å². The van der Waals surface area contributed by atoms with Gasteiger partial charge in [0.25, 0.3) is 0 Å². The summed E-state index contributed by atoms with van der Waals surface area (Å²) in [6, 6.07) is 0. The molecule has 1 fully saturated rings. The van der Waals surface area contributed by atoms with E-state index in [9.17, 15) is 0 Å². The van der Waals surface area contributed by atoms with Crippen LogP contribution in [0.15, 0.2) is 35.6 Å². The number of ether oxygens (including phenoxy) is 1. The van der Waals surface area contributed by atoms with Gasteiger partial charge in [-0.3, -0.25) is 0 Å². The van der Waals surface area contributed by atoms with Crippen LogP contribution in [-0.2, 0) is 4.74 Å². The normalized spacial score (nSPS) is 24.2. The molecular weight excluding hydrogens is 172 g/mol. The highest BCUT2D eigenvalue weighted by Crippen LogP contribution is 2.36. The number of halogens is 1. The molecule has 2 heteroatoms. The van der Waals surface area contributed by atoms with Gasteiger partial charge in [-0.25, -0.2) is 0 Å². The third-order valence-electron chi connectivity index (χ3n) is 1.70. The van der Waals surface area contributed by atoms with E-state index in [1.807, 2.05) is 13.8 Å². The molecule has 0 aliphatic carbocycles. The molecule has 0 spiro atoms. The Balaban J connectivity index is 2.84. The molecule has 1 saturated heterocycles. The van der Waals surface area contributed by atoms with Crippen molar-refractivity contribution >= 4 is 11.6 Å². The van der Waals surface area contributed by atoms with Crippen molar-refractivity contribution in [2.24, 2.45) is 0 Å². The van der Waals surface area contributed by atoms with Gasteiger partial charge in [0.05, 0.1) is 0 Å². The van der Waals surface area contributed by atoms with Crippen molar-refractivity contribution in [2.45, 2.75) is 25.9 Å². The molecule has 1 heterocycles. The largest absolute Gasteiger partial charge is 0.488 e. The molecule has 1 nitrogen and oxygen atoms in total. The average molecular weight is 185 g/mol. The zero-order valence-corrected chi connectivity index (χ0v) is 8.24. The second kappa shape index (κ2) is 2.98. The fourth-order valence-electron chi connectivity index (χ4n) is 1.31. The maximum Gasteiger partial charge on any atom is 0.116 e. The Labute approximate surface area is 78.4 Å². The van der Waals surface area contributed by atoms with E-state index in [-0.39, 0.29) is 5.60 Å². The smallest absolute Gasteiger partial charge is 0.116 e. The minimum absolute atomic E-state index is 0.144. The van der Waals surface area contributed by atoms with Gasteiger partial charge < -0.3 is 4.74 Å². The minimum atomic E-state index is -0.144. The number of hydrogen-bond acceptors (Lipinski definition) is 1. The number of rotatable bonds is 1. The lowest BCUT2D eigenvalue weighted by atomic mass is 10.0. The van der Waals surface area contributed by atoms with Crippen LogP contribution in [0.1, 0.15) is 20.3 Å². The SMILES string of the molecule is C=C(Cl)/C=C1/CC(C)(C)OC1=C. The summed E-state index contributed by atoms with van der Waals surface area (Å²) in [6.07, 6.45) is 2.65. The maximum absolute atomic E-state index is 5.65. The Hall–Kier alpha value is -0.690. The summed E-state index contributed by atoms with van der Waals surface area (Å²) in [5.41, 5.74) is 0.898. The van der Waals surface area contributed by atoms with Gasteiger partial charge in [0.1, 0.15) is 11.4 Å². The molecule has 1 aliphatic rings. The van der Waals surface area contributed by atoms with Crippen LogP contribution in [0.25, 0.3) is 0 Å². The molecule has 0 radical (unpaired) electrons. The Kier molecular flexibility index (Phi) is 2.34. The molecule has 0 amide bonds. The first-order chi connectivity index (χ1) is 5.41. The average Bonchev–Trinajstić information content (AvgIpc) is 2.03. The first-order valence-corrected chi connectivity index (χ1v) is 4.22. The molecule has 0 atom stereocenters. The Morgan fingerprint density at radius 2 is 2.25 bits per heavy atom. The van der Waals surface area contributed by atoms with E-state index in [0.29, 0.717) is 10.8 Å². The standard InChI is InChI=1S/C10H13ClO/c1-7(11)5-9-6-10(3,4)12-8(9)2/h5H,1-2,6H2,3-4H3/b9-5-. The van der Waals surface area contributed by atoms with Crippen LogP contribution in [0.5, 0.6) is 0 Å². The second-order valence-corrected chi connectivity index (χ2v) is 4.06. The molecule has 0 unspecified atom stereocenters. The Morgan fingerprint density at radius 1 is 1.67 bits per heavy atom. The van der Waals surface area contributed by atoms with Crippen molar-refractivity contribution < 1.29 is 4.74 Å². The molecule has 0 N–H and O–H groups in total. The zero-order chi connectivity index (χ0) is 9.35. The summed E-state index contributed by atoms with van der Waals surface area (Å²) in [4.78, 5) is 0. The van der Waals surface area contributed by atoms with E-state index in [1.165, 1.54) is 0 Å². The van der Waals surface area contributed by atoms with Crippen molar-refractivity contribution in [1.82, 2.24) is 0 Å². The predicted molar refractivity (Wildman–Crippen MR) is 52.0 cm³/mol. The summed E-state index contributed by atoms with van der Waals surface area (Å²) in [5.74, 6) is 0.710. The molecule has 0 aromatic heterocycles. The summed E-state index contributed by atoms with van der Waals surface area (Å²) < 4.78 is 5.50. The highest BCUT2D eigenvalue weighted by molar-refractivity contribution is 6.30. The Morgan fingerprint density at radius 3 is 2.58 bits per heavy atom. The lowest BCUT2D eigenvalue weighted by Gasteiger charge is -2.15. The van der Waals surface area contributed by atoms with Crippen LogP contribution in [0.2, 0.25) is 0 Å². The molecule has 1 aliphatic heterocycles.